The molecule has 0 amide bonds. The van der Waals surface area contributed by atoms with Crippen LogP contribution in [0.3, 0.4) is 0 Å². The standard InChI is InChI=1S/C10H13N3.2ClH/c1-7-2-3-9-10(13-7)8(4-5-11)6-12-9;;/h2-3,6,12H,4-5,11H2,1H3;2*1H. The van der Waals surface area contributed by atoms with Crippen molar-refractivity contribution in [2.45, 2.75) is 13.3 Å². The van der Waals surface area contributed by atoms with Crippen LogP contribution in [0.4, 0.5) is 0 Å². The van der Waals surface area contributed by atoms with Crippen molar-refractivity contribution in [1.29, 1.82) is 0 Å². The van der Waals surface area contributed by atoms with Crippen LogP contribution in [0.1, 0.15) is 11.3 Å². The summed E-state index contributed by atoms with van der Waals surface area (Å²) in [6, 6.07) is 4.06. The van der Waals surface area contributed by atoms with Crippen LogP contribution in [0, 0.1) is 6.92 Å². The number of aromatic nitrogens is 2. The summed E-state index contributed by atoms with van der Waals surface area (Å²) in [6.45, 7) is 2.67. The molecule has 0 bridgehead atoms. The Balaban J connectivity index is 0.000000980. The molecule has 0 spiro atoms. The van der Waals surface area contributed by atoms with Gasteiger partial charge in [0.05, 0.1) is 11.0 Å². The number of pyridine rings is 1. The Hall–Kier alpha value is -0.770. The van der Waals surface area contributed by atoms with E-state index in [-0.39, 0.29) is 24.8 Å². The lowest BCUT2D eigenvalue weighted by molar-refractivity contribution is 0.972. The van der Waals surface area contributed by atoms with Crippen LogP contribution in [-0.4, -0.2) is 16.5 Å². The van der Waals surface area contributed by atoms with Gasteiger partial charge in [-0.3, -0.25) is 4.98 Å². The molecule has 0 atom stereocenters. The number of H-pyrrole nitrogens is 1. The number of aryl methyl sites for hydroxylation is 1. The second-order valence-electron chi connectivity index (χ2n) is 3.20. The van der Waals surface area contributed by atoms with E-state index in [2.05, 4.69) is 16.0 Å². The molecule has 15 heavy (non-hydrogen) atoms. The number of hydrogen-bond acceptors (Lipinski definition) is 2. The summed E-state index contributed by atoms with van der Waals surface area (Å²) < 4.78 is 0. The third kappa shape index (κ3) is 2.84. The molecule has 3 N–H and O–H groups in total. The van der Waals surface area contributed by atoms with Crippen LogP contribution < -0.4 is 5.73 Å². The summed E-state index contributed by atoms with van der Waals surface area (Å²) in [7, 11) is 0. The molecule has 0 unspecified atom stereocenters. The van der Waals surface area contributed by atoms with E-state index in [0.29, 0.717) is 6.54 Å². The highest BCUT2D eigenvalue weighted by atomic mass is 35.5. The minimum Gasteiger partial charge on any atom is -0.360 e. The summed E-state index contributed by atoms with van der Waals surface area (Å²) in [5, 5.41) is 0. The van der Waals surface area contributed by atoms with Gasteiger partial charge < -0.3 is 10.7 Å². The van der Waals surface area contributed by atoms with Crippen LogP contribution in [0.25, 0.3) is 11.0 Å². The number of nitrogens with one attached hydrogen (secondary N) is 1. The molecule has 0 aliphatic heterocycles. The van der Waals surface area contributed by atoms with E-state index < -0.39 is 0 Å². The van der Waals surface area contributed by atoms with Crippen molar-refractivity contribution >= 4 is 35.8 Å². The highest BCUT2D eigenvalue weighted by molar-refractivity contribution is 5.85. The molecule has 2 rings (SSSR count). The second kappa shape index (κ2) is 5.95. The summed E-state index contributed by atoms with van der Waals surface area (Å²) in [5.41, 5.74) is 9.92. The molecule has 84 valence electrons. The summed E-state index contributed by atoms with van der Waals surface area (Å²) in [6.07, 6.45) is 2.88. The van der Waals surface area contributed by atoms with Crippen molar-refractivity contribution in [3.8, 4) is 0 Å². The van der Waals surface area contributed by atoms with Crippen molar-refractivity contribution in [1.82, 2.24) is 9.97 Å². The van der Waals surface area contributed by atoms with Gasteiger partial charge in [0.15, 0.2) is 0 Å². The van der Waals surface area contributed by atoms with Gasteiger partial charge in [-0.05, 0) is 37.6 Å². The van der Waals surface area contributed by atoms with Gasteiger partial charge in [0.1, 0.15) is 0 Å². The number of hydrogen-bond donors (Lipinski definition) is 2. The van der Waals surface area contributed by atoms with Crippen LogP contribution in [-0.2, 0) is 6.42 Å². The molecule has 2 aromatic rings. The maximum Gasteiger partial charge on any atom is 0.0914 e. The molecule has 3 nitrogen and oxygen atoms in total. The van der Waals surface area contributed by atoms with Gasteiger partial charge in [-0.15, -0.1) is 24.8 Å². The van der Waals surface area contributed by atoms with Crippen LogP contribution in [0.15, 0.2) is 18.3 Å². The molecule has 0 aromatic carbocycles. The Kier molecular flexibility index (Phi) is 5.65. The van der Waals surface area contributed by atoms with E-state index in [1.165, 1.54) is 5.56 Å². The number of halogens is 2. The van der Waals surface area contributed by atoms with Crippen molar-refractivity contribution in [3.63, 3.8) is 0 Å². The van der Waals surface area contributed by atoms with E-state index in [0.717, 1.165) is 23.1 Å². The average Bonchev–Trinajstić information content (AvgIpc) is 2.49. The lowest BCUT2D eigenvalue weighted by Gasteiger charge is -1.96. The maximum absolute atomic E-state index is 5.51. The van der Waals surface area contributed by atoms with Crippen LogP contribution >= 0.6 is 24.8 Å². The molecular weight excluding hydrogens is 233 g/mol. The minimum absolute atomic E-state index is 0. The van der Waals surface area contributed by atoms with E-state index in [9.17, 15) is 0 Å². The van der Waals surface area contributed by atoms with Gasteiger partial charge >= 0.3 is 0 Å². The third-order valence-corrected chi connectivity index (χ3v) is 2.15. The van der Waals surface area contributed by atoms with E-state index >= 15 is 0 Å². The lowest BCUT2D eigenvalue weighted by Crippen LogP contribution is -2.02. The van der Waals surface area contributed by atoms with Gasteiger partial charge in [-0.2, -0.15) is 0 Å². The lowest BCUT2D eigenvalue weighted by atomic mass is 10.2. The highest BCUT2D eigenvalue weighted by Gasteiger charge is 2.03. The first kappa shape index (κ1) is 14.2. The number of nitrogens with zero attached hydrogens (tertiary/aromatic N) is 1. The molecule has 0 aliphatic rings. The van der Waals surface area contributed by atoms with Crippen molar-refractivity contribution in [3.05, 3.63) is 29.6 Å². The minimum atomic E-state index is 0. The van der Waals surface area contributed by atoms with Gasteiger partial charge in [-0.25, -0.2) is 0 Å². The number of fused-ring (bicyclic) bond motifs is 1. The Labute approximate surface area is 101 Å². The molecule has 0 radical (unpaired) electrons. The first-order chi connectivity index (χ1) is 6.31. The van der Waals surface area contributed by atoms with Gasteiger partial charge in [0.25, 0.3) is 0 Å². The Bertz CT molecular complexity index is 426. The van der Waals surface area contributed by atoms with Gasteiger partial charge in [0.2, 0.25) is 0 Å². The van der Waals surface area contributed by atoms with Crippen molar-refractivity contribution < 1.29 is 0 Å². The largest absolute Gasteiger partial charge is 0.360 e. The zero-order chi connectivity index (χ0) is 9.26. The fraction of sp³-hybridized carbons (Fsp3) is 0.300. The second-order valence-corrected chi connectivity index (χ2v) is 3.20. The van der Waals surface area contributed by atoms with Gasteiger partial charge in [0, 0.05) is 11.9 Å². The predicted octanol–water partition coefficient (Wildman–Crippen LogP) is 2.22. The quantitative estimate of drug-likeness (QED) is 0.856. The molecule has 0 aliphatic carbocycles. The summed E-state index contributed by atoms with van der Waals surface area (Å²) in [4.78, 5) is 7.65. The monoisotopic (exact) mass is 247 g/mol. The van der Waals surface area contributed by atoms with Gasteiger partial charge in [-0.1, -0.05) is 0 Å². The molecule has 0 saturated carbocycles. The number of rotatable bonds is 2. The Morgan fingerprint density at radius 3 is 2.73 bits per heavy atom. The summed E-state index contributed by atoms with van der Waals surface area (Å²) in [5.74, 6) is 0. The molecule has 0 saturated heterocycles. The van der Waals surface area contributed by atoms with E-state index in [1.54, 1.807) is 0 Å². The normalized spacial score (nSPS) is 9.47. The SMILES string of the molecule is Cc1ccc2[nH]cc(CCN)c2n1.Cl.Cl. The smallest absolute Gasteiger partial charge is 0.0914 e. The third-order valence-electron chi connectivity index (χ3n) is 2.15. The van der Waals surface area contributed by atoms with Crippen molar-refractivity contribution in [2.75, 3.05) is 6.54 Å². The summed E-state index contributed by atoms with van der Waals surface area (Å²) >= 11 is 0. The number of nitrogens with two attached hydrogens (primary N) is 1. The van der Waals surface area contributed by atoms with Crippen LogP contribution in [0.5, 0.6) is 0 Å². The number of aromatic amines is 1. The zero-order valence-electron chi connectivity index (χ0n) is 8.49. The van der Waals surface area contributed by atoms with E-state index in [4.69, 9.17) is 5.73 Å². The topological polar surface area (TPSA) is 54.7 Å². The van der Waals surface area contributed by atoms with Crippen LogP contribution in [0.2, 0.25) is 0 Å². The maximum atomic E-state index is 5.51. The molecule has 2 heterocycles. The molecule has 5 heteroatoms. The molecule has 2 aromatic heterocycles. The molecular formula is C10H15Cl2N3. The first-order valence-electron chi connectivity index (χ1n) is 4.45. The average molecular weight is 248 g/mol. The Morgan fingerprint density at radius 2 is 2.07 bits per heavy atom. The van der Waals surface area contributed by atoms with Crippen molar-refractivity contribution in [2.24, 2.45) is 5.73 Å². The first-order valence-corrected chi connectivity index (χ1v) is 4.45. The molecule has 0 fully saturated rings. The Morgan fingerprint density at radius 1 is 1.33 bits per heavy atom. The van der Waals surface area contributed by atoms with E-state index in [1.807, 2.05) is 19.2 Å². The predicted molar refractivity (Wildman–Crippen MR) is 68.1 cm³/mol. The fourth-order valence-corrected chi connectivity index (χ4v) is 1.50. The highest BCUT2D eigenvalue weighted by Crippen LogP contribution is 2.16. The fourth-order valence-electron chi connectivity index (χ4n) is 1.50. The zero-order valence-corrected chi connectivity index (χ0v) is 10.1.